The molecule has 0 spiro atoms. The van der Waals surface area contributed by atoms with Gasteiger partial charge in [0, 0.05) is 38.0 Å². The summed E-state index contributed by atoms with van der Waals surface area (Å²) >= 11 is 0. The van der Waals surface area contributed by atoms with E-state index in [1.807, 2.05) is 17.0 Å². The molecule has 7 nitrogen and oxygen atoms in total. The Kier molecular flexibility index (Phi) is 4.75. The van der Waals surface area contributed by atoms with Crippen molar-refractivity contribution >= 4 is 17.1 Å². The molecule has 0 aliphatic carbocycles. The third-order valence-corrected chi connectivity index (χ3v) is 5.00. The van der Waals surface area contributed by atoms with Crippen molar-refractivity contribution in [2.24, 2.45) is 0 Å². The molecule has 140 valence electrons. The summed E-state index contributed by atoms with van der Waals surface area (Å²) in [6, 6.07) is 7.59. The van der Waals surface area contributed by atoms with Crippen molar-refractivity contribution < 1.29 is 9.53 Å². The van der Waals surface area contributed by atoms with Gasteiger partial charge in [-0.3, -0.25) is 4.79 Å². The van der Waals surface area contributed by atoms with Gasteiger partial charge in [0.05, 0.1) is 18.7 Å². The van der Waals surface area contributed by atoms with Crippen LogP contribution in [0.1, 0.15) is 42.0 Å². The van der Waals surface area contributed by atoms with E-state index in [1.54, 1.807) is 31.6 Å². The van der Waals surface area contributed by atoms with Crippen LogP contribution in [0.3, 0.4) is 0 Å². The number of hydrogen-bond donors (Lipinski definition) is 0. The minimum absolute atomic E-state index is 0.00192. The summed E-state index contributed by atoms with van der Waals surface area (Å²) in [5.41, 5.74) is 2.41. The molecule has 1 aliphatic rings. The molecule has 0 N–H and O–H groups in total. The molecule has 0 unspecified atom stereocenters. The molecule has 1 atom stereocenters. The standard InChI is InChI=1S/C20H23N5O2/c1-3-5-17-23-16-6-4-10-21-19(16)25(17)15-9-11-24(13-15)20(26)14-7-8-18(27-2)22-12-14/h4,6-8,10,12,15H,3,5,9,11,13H2,1-2H3/t15-/m1/s1. The van der Waals surface area contributed by atoms with Gasteiger partial charge in [0.1, 0.15) is 11.3 Å². The average Bonchev–Trinajstić information content (AvgIpc) is 3.32. The largest absolute Gasteiger partial charge is 0.481 e. The number of nitrogens with zero attached hydrogens (tertiary/aromatic N) is 5. The van der Waals surface area contributed by atoms with E-state index in [0.29, 0.717) is 24.5 Å². The van der Waals surface area contributed by atoms with Gasteiger partial charge in [-0.05, 0) is 31.0 Å². The van der Waals surface area contributed by atoms with E-state index < -0.39 is 0 Å². The average molecular weight is 365 g/mol. The highest BCUT2D eigenvalue weighted by atomic mass is 16.5. The number of pyridine rings is 2. The van der Waals surface area contributed by atoms with Gasteiger partial charge in [-0.1, -0.05) is 6.92 Å². The molecule has 4 rings (SSSR count). The van der Waals surface area contributed by atoms with E-state index in [4.69, 9.17) is 9.72 Å². The van der Waals surface area contributed by atoms with Crippen molar-refractivity contribution in [3.63, 3.8) is 0 Å². The Hall–Kier alpha value is -2.96. The summed E-state index contributed by atoms with van der Waals surface area (Å²) in [6.45, 7) is 3.52. The van der Waals surface area contributed by atoms with E-state index in [9.17, 15) is 4.79 Å². The quantitative estimate of drug-likeness (QED) is 0.695. The van der Waals surface area contributed by atoms with Gasteiger partial charge in [0.25, 0.3) is 5.91 Å². The van der Waals surface area contributed by atoms with Gasteiger partial charge >= 0.3 is 0 Å². The first-order chi connectivity index (χ1) is 13.2. The number of imidazole rings is 1. The normalized spacial score (nSPS) is 16.8. The van der Waals surface area contributed by atoms with E-state index in [-0.39, 0.29) is 11.9 Å². The number of carbonyl (C=O) groups excluding carboxylic acids is 1. The summed E-state index contributed by atoms with van der Waals surface area (Å²) in [5, 5.41) is 0. The summed E-state index contributed by atoms with van der Waals surface area (Å²) in [7, 11) is 1.56. The lowest BCUT2D eigenvalue weighted by molar-refractivity contribution is 0.0787. The Balaban J connectivity index is 1.58. The van der Waals surface area contributed by atoms with Crippen LogP contribution in [-0.4, -0.2) is 50.5 Å². The lowest BCUT2D eigenvalue weighted by Gasteiger charge is -2.18. The molecule has 0 saturated carbocycles. The summed E-state index contributed by atoms with van der Waals surface area (Å²) in [5.74, 6) is 1.56. The van der Waals surface area contributed by atoms with Gasteiger partial charge in [-0.25, -0.2) is 15.0 Å². The Morgan fingerprint density at radius 3 is 2.93 bits per heavy atom. The molecule has 0 bridgehead atoms. The fraction of sp³-hybridized carbons (Fsp3) is 0.400. The molecule has 27 heavy (non-hydrogen) atoms. The highest BCUT2D eigenvalue weighted by Crippen LogP contribution is 2.28. The van der Waals surface area contributed by atoms with E-state index >= 15 is 0 Å². The van der Waals surface area contributed by atoms with Crippen LogP contribution in [0.4, 0.5) is 0 Å². The number of rotatable bonds is 5. The maximum Gasteiger partial charge on any atom is 0.255 e. The zero-order valence-electron chi connectivity index (χ0n) is 15.6. The predicted octanol–water partition coefficient (Wildman–Crippen LogP) is 2.87. The molecule has 0 aromatic carbocycles. The van der Waals surface area contributed by atoms with Crippen LogP contribution >= 0.6 is 0 Å². The Morgan fingerprint density at radius 2 is 2.19 bits per heavy atom. The minimum atomic E-state index is 0.00192. The van der Waals surface area contributed by atoms with Gasteiger partial charge in [-0.15, -0.1) is 0 Å². The van der Waals surface area contributed by atoms with Crippen molar-refractivity contribution in [3.8, 4) is 5.88 Å². The maximum absolute atomic E-state index is 12.8. The molecule has 3 aromatic rings. The highest BCUT2D eigenvalue weighted by molar-refractivity contribution is 5.94. The molecule has 4 heterocycles. The zero-order chi connectivity index (χ0) is 18.8. The monoisotopic (exact) mass is 365 g/mol. The van der Waals surface area contributed by atoms with Crippen LogP contribution in [0.25, 0.3) is 11.2 Å². The zero-order valence-corrected chi connectivity index (χ0v) is 15.6. The van der Waals surface area contributed by atoms with Crippen LogP contribution in [0.15, 0.2) is 36.7 Å². The molecule has 1 aliphatic heterocycles. The number of aryl methyl sites for hydroxylation is 1. The topological polar surface area (TPSA) is 73.1 Å². The van der Waals surface area contributed by atoms with Crippen LogP contribution in [0, 0.1) is 0 Å². The number of methoxy groups -OCH3 is 1. The lowest BCUT2D eigenvalue weighted by Crippen LogP contribution is -2.29. The molecule has 3 aromatic heterocycles. The second kappa shape index (κ2) is 7.34. The third kappa shape index (κ3) is 3.25. The minimum Gasteiger partial charge on any atom is -0.481 e. The number of ether oxygens (including phenoxy) is 1. The first-order valence-corrected chi connectivity index (χ1v) is 9.32. The van der Waals surface area contributed by atoms with E-state index in [0.717, 1.165) is 36.3 Å². The molecule has 7 heteroatoms. The van der Waals surface area contributed by atoms with Crippen LogP contribution in [0.2, 0.25) is 0 Å². The predicted molar refractivity (Wildman–Crippen MR) is 102 cm³/mol. The number of aromatic nitrogens is 4. The summed E-state index contributed by atoms with van der Waals surface area (Å²) in [6.07, 6.45) is 6.20. The smallest absolute Gasteiger partial charge is 0.255 e. The number of likely N-dealkylation sites (tertiary alicyclic amines) is 1. The number of fused-ring (bicyclic) bond motifs is 1. The molecule has 1 saturated heterocycles. The van der Waals surface area contributed by atoms with Gasteiger partial charge in [0.15, 0.2) is 5.65 Å². The van der Waals surface area contributed by atoms with Gasteiger partial charge < -0.3 is 14.2 Å². The summed E-state index contributed by atoms with van der Waals surface area (Å²) < 4.78 is 7.30. The fourth-order valence-corrected chi connectivity index (χ4v) is 3.71. The first-order valence-electron chi connectivity index (χ1n) is 9.32. The summed E-state index contributed by atoms with van der Waals surface area (Å²) in [4.78, 5) is 28.2. The van der Waals surface area contributed by atoms with Crippen molar-refractivity contribution in [1.29, 1.82) is 0 Å². The van der Waals surface area contributed by atoms with Crippen molar-refractivity contribution in [1.82, 2.24) is 24.4 Å². The molecular weight excluding hydrogens is 342 g/mol. The van der Waals surface area contributed by atoms with Crippen LogP contribution in [0.5, 0.6) is 5.88 Å². The fourth-order valence-electron chi connectivity index (χ4n) is 3.71. The number of hydrogen-bond acceptors (Lipinski definition) is 5. The Morgan fingerprint density at radius 1 is 1.30 bits per heavy atom. The number of carbonyl (C=O) groups is 1. The Bertz CT molecular complexity index is 951. The SMILES string of the molecule is CCCc1nc2cccnc2n1[C@@H]1CCN(C(=O)c2ccc(OC)nc2)C1. The van der Waals surface area contributed by atoms with Crippen molar-refractivity contribution in [2.75, 3.05) is 20.2 Å². The molecule has 1 fully saturated rings. The molecular formula is C20H23N5O2. The third-order valence-electron chi connectivity index (χ3n) is 5.00. The van der Waals surface area contributed by atoms with Crippen molar-refractivity contribution in [3.05, 3.63) is 48.0 Å². The van der Waals surface area contributed by atoms with Crippen molar-refractivity contribution in [2.45, 2.75) is 32.2 Å². The van der Waals surface area contributed by atoms with Crippen LogP contribution < -0.4 is 4.74 Å². The van der Waals surface area contributed by atoms with Gasteiger partial charge in [-0.2, -0.15) is 0 Å². The van der Waals surface area contributed by atoms with Gasteiger partial charge in [0.2, 0.25) is 5.88 Å². The molecule has 1 amide bonds. The lowest BCUT2D eigenvalue weighted by atomic mass is 10.2. The number of amides is 1. The Labute approximate surface area is 158 Å². The van der Waals surface area contributed by atoms with E-state index in [2.05, 4.69) is 21.5 Å². The van der Waals surface area contributed by atoms with Crippen LogP contribution in [-0.2, 0) is 6.42 Å². The highest BCUT2D eigenvalue weighted by Gasteiger charge is 2.30. The second-order valence-electron chi connectivity index (χ2n) is 6.78. The van der Waals surface area contributed by atoms with E-state index in [1.165, 1.54) is 0 Å². The maximum atomic E-state index is 12.8. The molecule has 0 radical (unpaired) electrons. The second-order valence-corrected chi connectivity index (χ2v) is 6.78. The first kappa shape index (κ1) is 17.5.